The molecular weight excluding hydrogens is 192 g/mol. The van der Waals surface area contributed by atoms with Gasteiger partial charge in [-0.3, -0.25) is 0 Å². The molecule has 0 amide bonds. The van der Waals surface area contributed by atoms with E-state index >= 15 is 0 Å². The molecule has 1 N–H and O–H groups in total. The van der Waals surface area contributed by atoms with Crippen LogP contribution in [-0.4, -0.2) is 22.2 Å². The fraction of sp³-hybridized carbons (Fsp3) is 0.455. The highest BCUT2D eigenvalue weighted by Gasteiger charge is 2.09. The number of rotatable bonds is 4. The molecular formula is C11H14N2O2. The molecule has 0 saturated heterocycles. The van der Waals surface area contributed by atoms with E-state index < -0.39 is 6.10 Å². The van der Waals surface area contributed by atoms with Crippen LogP contribution in [0.25, 0.3) is 0 Å². The quantitative estimate of drug-likeness (QED) is 0.755. The summed E-state index contributed by atoms with van der Waals surface area (Å²) in [6, 6.07) is 1.63. The van der Waals surface area contributed by atoms with Gasteiger partial charge in [-0.25, -0.2) is 9.97 Å². The van der Waals surface area contributed by atoms with Crippen molar-refractivity contribution in [1.29, 1.82) is 0 Å². The van der Waals surface area contributed by atoms with Crippen LogP contribution >= 0.6 is 0 Å². The molecule has 1 aromatic heterocycles. The molecule has 1 rings (SSSR count). The normalized spacial score (nSPS) is 11.4. The van der Waals surface area contributed by atoms with Gasteiger partial charge in [0.05, 0.1) is 18.9 Å². The third-order valence-electron chi connectivity index (χ3n) is 1.93. The second-order valence-corrected chi connectivity index (χ2v) is 2.97. The zero-order chi connectivity index (χ0) is 11.1. The van der Waals surface area contributed by atoms with Crippen LogP contribution < -0.4 is 4.74 Å². The number of hydrogen-bond acceptors (Lipinski definition) is 4. The third kappa shape index (κ3) is 3.56. The van der Waals surface area contributed by atoms with Gasteiger partial charge in [0, 0.05) is 12.5 Å². The predicted molar refractivity (Wildman–Crippen MR) is 56.2 cm³/mol. The Labute approximate surface area is 89.3 Å². The molecule has 0 saturated carbocycles. The Balaban J connectivity index is 2.62. The Hall–Kier alpha value is -1.60. The number of aliphatic hydroxyl groups is 1. The largest absolute Gasteiger partial charge is 0.481 e. The first-order chi connectivity index (χ1) is 7.27. The molecule has 4 nitrogen and oxygen atoms in total. The SMILES string of the molecule is CC#CCCC(O)c1cc(OC)ncn1. The maximum atomic E-state index is 9.75. The number of ether oxygens (including phenoxy) is 1. The van der Waals surface area contributed by atoms with Crippen molar-refractivity contribution in [2.75, 3.05) is 7.11 Å². The van der Waals surface area contributed by atoms with Gasteiger partial charge in [0.25, 0.3) is 0 Å². The van der Waals surface area contributed by atoms with Crippen LogP contribution in [0.1, 0.15) is 31.6 Å². The smallest absolute Gasteiger partial charge is 0.216 e. The standard InChI is InChI=1S/C11H14N2O2/c1-3-4-5-6-10(14)9-7-11(15-2)13-8-12-9/h7-8,10,14H,5-6H2,1-2H3. The Kier molecular flexibility index (Phi) is 4.58. The summed E-state index contributed by atoms with van der Waals surface area (Å²) < 4.78 is 4.94. The molecule has 1 unspecified atom stereocenters. The first kappa shape index (κ1) is 11.5. The zero-order valence-electron chi connectivity index (χ0n) is 8.90. The lowest BCUT2D eigenvalue weighted by Gasteiger charge is -2.08. The van der Waals surface area contributed by atoms with Crippen LogP contribution in [0.5, 0.6) is 5.88 Å². The Morgan fingerprint density at radius 3 is 3.00 bits per heavy atom. The maximum absolute atomic E-state index is 9.75. The monoisotopic (exact) mass is 206 g/mol. The lowest BCUT2D eigenvalue weighted by molar-refractivity contribution is 0.164. The van der Waals surface area contributed by atoms with Gasteiger partial charge >= 0.3 is 0 Å². The van der Waals surface area contributed by atoms with Crippen LogP contribution in [0, 0.1) is 11.8 Å². The first-order valence-electron chi connectivity index (χ1n) is 4.71. The van der Waals surface area contributed by atoms with Crippen LogP contribution in [-0.2, 0) is 0 Å². The molecule has 80 valence electrons. The Morgan fingerprint density at radius 1 is 1.53 bits per heavy atom. The van der Waals surface area contributed by atoms with Gasteiger partial charge in [-0.15, -0.1) is 11.8 Å². The van der Waals surface area contributed by atoms with Crippen LogP contribution in [0.3, 0.4) is 0 Å². The van der Waals surface area contributed by atoms with Gasteiger partial charge in [0.2, 0.25) is 5.88 Å². The molecule has 0 aliphatic heterocycles. The van der Waals surface area contributed by atoms with E-state index in [1.165, 1.54) is 13.4 Å². The van der Waals surface area contributed by atoms with Crippen molar-refractivity contribution in [1.82, 2.24) is 9.97 Å². The molecule has 0 aromatic carbocycles. The molecule has 4 heteroatoms. The number of aliphatic hydroxyl groups excluding tert-OH is 1. The highest BCUT2D eigenvalue weighted by atomic mass is 16.5. The van der Waals surface area contributed by atoms with Crippen molar-refractivity contribution >= 4 is 0 Å². The number of aromatic nitrogens is 2. The average molecular weight is 206 g/mol. The molecule has 0 radical (unpaired) electrons. The van der Waals surface area contributed by atoms with E-state index in [0.29, 0.717) is 24.4 Å². The van der Waals surface area contributed by atoms with Crippen molar-refractivity contribution in [2.45, 2.75) is 25.9 Å². The fourth-order valence-corrected chi connectivity index (χ4v) is 1.13. The molecule has 0 aliphatic rings. The maximum Gasteiger partial charge on any atom is 0.216 e. The minimum atomic E-state index is -0.609. The van der Waals surface area contributed by atoms with Gasteiger partial charge < -0.3 is 9.84 Å². The van der Waals surface area contributed by atoms with Crippen molar-refractivity contribution in [3.05, 3.63) is 18.1 Å². The predicted octanol–water partition coefficient (Wildman–Crippen LogP) is 1.32. The summed E-state index contributed by atoms with van der Waals surface area (Å²) in [7, 11) is 1.53. The summed E-state index contributed by atoms with van der Waals surface area (Å²) >= 11 is 0. The molecule has 0 fully saturated rings. The summed E-state index contributed by atoms with van der Waals surface area (Å²) in [6.45, 7) is 1.78. The van der Waals surface area contributed by atoms with Crippen molar-refractivity contribution < 1.29 is 9.84 Å². The summed E-state index contributed by atoms with van der Waals surface area (Å²) in [5, 5.41) is 9.75. The van der Waals surface area contributed by atoms with E-state index in [0.717, 1.165) is 0 Å². The van der Waals surface area contributed by atoms with Crippen molar-refractivity contribution in [3.63, 3.8) is 0 Å². The number of methoxy groups -OCH3 is 1. The minimum absolute atomic E-state index is 0.459. The third-order valence-corrected chi connectivity index (χ3v) is 1.93. The van der Waals surface area contributed by atoms with Crippen LogP contribution in [0.4, 0.5) is 0 Å². The average Bonchev–Trinajstić information content (AvgIpc) is 2.29. The van der Waals surface area contributed by atoms with Crippen molar-refractivity contribution in [2.24, 2.45) is 0 Å². The van der Waals surface area contributed by atoms with E-state index in [1.807, 2.05) is 0 Å². The molecule has 1 aromatic rings. The highest BCUT2D eigenvalue weighted by Crippen LogP contribution is 2.17. The molecule has 0 aliphatic carbocycles. The van der Waals surface area contributed by atoms with Gasteiger partial charge in [0.15, 0.2) is 0 Å². The van der Waals surface area contributed by atoms with E-state index in [2.05, 4.69) is 21.8 Å². The summed E-state index contributed by atoms with van der Waals surface area (Å²) in [5.74, 6) is 6.13. The molecule has 1 atom stereocenters. The van der Waals surface area contributed by atoms with Crippen molar-refractivity contribution in [3.8, 4) is 17.7 Å². The lowest BCUT2D eigenvalue weighted by atomic mass is 10.1. The zero-order valence-corrected chi connectivity index (χ0v) is 8.90. The Bertz CT molecular complexity index is 368. The van der Waals surface area contributed by atoms with E-state index in [1.54, 1.807) is 13.0 Å². The van der Waals surface area contributed by atoms with Gasteiger partial charge in [-0.05, 0) is 13.3 Å². The van der Waals surface area contributed by atoms with E-state index in [9.17, 15) is 5.11 Å². The van der Waals surface area contributed by atoms with Gasteiger partial charge in [0.1, 0.15) is 6.33 Å². The lowest BCUT2D eigenvalue weighted by Crippen LogP contribution is -2.01. The summed E-state index contributed by atoms with van der Waals surface area (Å²) in [6.07, 6.45) is 2.00. The second kappa shape index (κ2) is 5.99. The first-order valence-corrected chi connectivity index (χ1v) is 4.71. The highest BCUT2D eigenvalue weighted by molar-refractivity contribution is 5.15. The van der Waals surface area contributed by atoms with Gasteiger partial charge in [-0.2, -0.15) is 0 Å². The Morgan fingerprint density at radius 2 is 2.33 bits per heavy atom. The van der Waals surface area contributed by atoms with E-state index in [4.69, 9.17) is 4.74 Å². The number of nitrogens with zero attached hydrogens (tertiary/aromatic N) is 2. The number of hydrogen-bond donors (Lipinski definition) is 1. The topological polar surface area (TPSA) is 55.2 Å². The van der Waals surface area contributed by atoms with Crippen LogP contribution in [0.15, 0.2) is 12.4 Å². The van der Waals surface area contributed by atoms with E-state index in [-0.39, 0.29) is 0 Å². The van der Waals surface area contributed by atoms with Crippen LogP contribution in [0.2, 0.25) is 0 Å². The molecule has 1 heterocycles. The molecule has 15 heavy (non-hydrogen) atoms. The molecule has 0 bridgehead atoms. The summed E-state index contributed by atoms with van der Waals surface area (Å²) in [5.41, 5.74) is 0.569. The summed E-state index contributed by atoms with van der Waals surface area (Å²) in [4.78, 5) is 7.84. The van der Waals surface area contributed by atoms with Gasteiger partial charge in [-0.1, -0.05) is 0 Å². The second-order valence-electron chi connectivity index (χ2n) is 2.97. The fourth-order valence-electron chi connectivity index (χ4n) is 1.13. The minimum Gasteiger partial charge on any atom is -0.481 e. The molecule has 0 spiro atoms.